The highest BCUT2D eigenvalue weighted by atomic mass is 32.2. The van der Waals surface area contributed by atoms with Gasteiger partial charge in [0.15, 0.2) is 23.7 Å². The molecule has 34 heavy (non-hydrogen) atoms. The largest absolute Gasteiger partial charge is 0.463 e. The average molecular weight is 514 g/mol. The molecule has 0 spiro atoms. The lowest BCUT2D eigenvalue weighted by Crippen LogP contribution is -2.61. The third-order valence-electron chi connectivity index (χ3n) is 4.45. The first-order chi connectivity index (χ1) is 16.1. The van der Waals surface area contributed by atoms with E-state index in [9.17, 15) is 19.2 Å². The zero-order chi connectivity index (χ0) is 25.3. The smallest absolute Gasteiger partial charge is 0.303 e. The van der Waals surface area contributed by atoms with E-state index in [1.165, 1.54) is 20.8 Å². The molecule has 0 amide bonds. The predicted octanol–water partition coefficient (Wildman–Crippen LogP) is 1.88. The van der Waals surface area contributed by atoms with Crippen LogP contribution in [-0.4, -0.2) is 64.7 Å². The maximum atomic E-state index is 11.9. The molecule has 1 N–H and O–H groups in total. The Morgan fingerprint density at radius 1 is 0.882 bits per heavy atom. The summed E-state index contributed by atoms with van der Waals surface area (Å²) in [6.07, 6.45) is -4.61. The lowest BCUT2D eigenvalue weighted by Gasteiger charge is -2.44. The molecule has 1 heterocycles. The summed E-state index contributed by atoms with van der Waals surface area (Å²) in [6.45, 7) is 4.88. The van der Waals surface area contributed by atoms with E-state index in [1.807, 2.05) is 30.3 Å². The van der Waals surface area contributed by atoms with Gasteiger partial charge in [0.1, 0.15) is 17.0 Å². The van der Waals surface area contributed by atoms with Crippen molar-refractivity contribution in [1.29, 1.82) is 0 Å². The van der Waals surface area contributed by atoms with Gasteiger partial charge >= 0.3 is 23.9 Å². The Balaban J connectivity index is 2.29. The molecule has 10 nitrogen and oxygen atoms in total. The molecule has 1 saturated heterocycles. The first-order valence-corrected chi connectivity index (χ1v) is 11.6. The molecule has 1 aliphatic heterocycles. The number of thioether (sulfide) groups is 1. The minimum Gasteiger partial charge on any atom is -0.463 e. The van der Waals surface area contributed by atoms with Crippen LogP contribution in [0, 0.1) is 0 Å². The first kappa shape index (κ1) is 27.5. The van der Waals surface area contributed by atoms with Crippen molar-refractivity contribution in [2.75, 3.05) is 6.61 Å². The van der Waals surface area contributed by atoms with E-state index in [0.29, 0.717) is 10.9 Å². The highest BCUT2D eigenvalue weighted by Crippen LogP contribution is 2.34. The van der Waals surface area contributed by atoms with Gasteiger partial charge in [-0.2, -0.15) is 0 Å². The lowest BCUT2D eigenvalue weighted by atomic mass is 9.99. The van der Waals surface area contributed by atoms with E-state index in [0.717, 1.165) is 24.2 Å². The highest BCUT2D eigenvalue weighted by molar-refractivity contribution is 8.23. The molecule has 2 rings (SSSR count). The Morgan fingerprint density at radius 3 is 2.00 bits per heavy atom. The number of ether oxygens (including phenoxy) is 5. The van der Waals surface area contributed by atoms with E-state index in [2.05, 4.69) is 5.32 Å². The molecule has 0 radical (unpaired) electrons. The van der Waals surface area contributed by atoms with E-state index in [1.54, 1.807) is 0 Å². The molecule has 5 atom stereocenters. The Bertz CT molecular complexity index is 896. The summed E-state index contributed by atoms with van der Waals surface area (Å²) >= 11 is 6.45. The molecule has 0 saturated carbocycles. The van der Waals surface area contributed by atoms with Crippen molar-refractivity contribution in [2.24, 2.45) is 0 Å². The second-order valence-electron chi connectivity index (χ2n) is 7.31. The van der Waals surface area contributed by atoms with Crippen molar-refractivity contribution in [1.82, 2.24) is 5.32 Å². The van der Waals surface area contributed by atoms with Crippen molar-refractivity contribution in [3.05, 3.63) is 35.9 Å². The van der Waals surface area contributed by atoms with E-state index >= 15 is 0 Å². The molecule has 1 fully saturated rings. The van der Waals surface area contributed by atoms with Crippen LogP contribution in [0.5, 0.6) is 0 Å². The van der Waals surface area contributed by atoms with Crippen LogP contribution < -0.4 is 5.32 Å². The van der Waals surface area contributed by atoms with Gasteiger partial charge in [-0.25, -0.2) is 0 Å². The topological polar surface area (TPSA) is 126 Å². The number of esters is 4. The molecule has 0 aromatic heterocycles. The zero-order valence-corrected chi connectivity index (χ0v) is 20.8. The van der Waals surface area contributed by atoms with Crippen LogP contribution in [-0.2, 0) is 49.4 Å². The number of hydrogen-bond donors (Lipinski definition) is 1. The standard InChI is InChI=1S/C22H27NO9S2/c1-12(24)28-11-17-18(29-13(2)25)19(30-14(3)26)20(31-15(4)27)21(32-17)34-22(33)23-10-16-8-6-5-7-9-16/h5-9,17-21H,10-11H2,1-4H3,(H,23,33)/t17?,18-,19?,20?,21+/m1/s1. The summed E-state index contributed by atoms with van der Waals surface area (Å²) in [5.74, 6) is -2.63. The number of hydrogen-bond acceptors (Lipinski definition) is 11. The molecule has 1 aromatic rings. The Labute approximate surface area is 207 Å². The lowest BCUT2D eigenvalue weighted by molar-refractivity contribution is -0.237. The Morgan fingerprint density at radius 2 is 1.44 bits per heavy atom. The summed E-state index contributed by atoms with van der Waals surface area (Å²) < 4.78 is 27.6. The number of benzene rings is 1. The van der Waals surface area contributed by atoms with Crippen molar-refractivity contribution in [3.63, 3.8) is 0 Å². The monoisotopic (exact) mass is 513 g/mol. The Kier molecular flexibility index (Phi) is 10.7. The minimum absolute atomic E-state index is 0.293. The van der Waals surface area contributed by atoms with Gasteiger partial charge in [-0.15, -0.1) is 0 Å². The Hall–Kier alpha value is -2.70. The second kappa shape index (κ2) is 13.3. The van der Waals surface area contributed by atoms with Crippen molar-refractivity contribution in [2.45, 2.75) is 64.1 Å². The van der Waals surface area contributed by atoms with Gasteiger partial charge in [0.2, 0.25) is 0 Å². The van der Waals surface area contributed by atoms with E-state index in [4.69, 9.17) is 35.9 Å². The second-order valence-corrected chi connectivity index (χ2v) is 9.09. The van der Waals surface area contributed by atoms with Gasteiger partial charge in [0.25, 0.3) is 0 Å². The fourth-order valence-electron chi connectivity index (χ4n) is 3.20. The van der Waals surface area contributed by atoms with Crippen LogP contribution in [0.2, 0.25) is 0 Å². The number of carbonyl (C=O) groups excluding carboxylic acids is 4. The minimum atomic E-state index is -1.23. The number of thiocarbonyl (C=S) groups is 1. The molecular weight excluding hydrogens is 486 g/mol. The van der Waals surface area contributed by atoms with Gasteiger partial charge in [0.05, 0.1) is 0 Å². The molecular formula is C22H27NO9S2. The fourth-order valence-corrected chi connectivity index (χ4v) is 4.47. The van der Waals surface area contributed by atoms with Crippen LogP contribution >= 0.6 is 24.0 Å². The predicted molar refractivity (Wildman–Crippen MR) is 125 cm³/mol. The number of rotatable bonds is 8. The van der Waals surface area contributed by atoms with Gasteiger partial charge in [-0.05, 0) is 5.56 Å². The van der Waals surface area contributed by atoms with E-state index < -0.39 is 53.7 Å². The third-order valence-corrected chi connectivity index (χ3v) is 5.85. The molecule has 186 valence electrons. The first-order valence-electron chi connectivity index (χ1n) is 10.4. The van der Waals surface area contributed by atoms with Crippen molar-refractivity contribution >= 4 is 52.2 Å². The van der Waals surface area contributed by atoms with Gasteiger partial charge in [-0.1, -0.05) is 54.3 Å². The molecule has 0 aliphatic carbocycles. The summed E-state index contributed by atoms with van der Waals surface area (Å²) in [4.78, 5) is 46.9. The van der Waals surface area contributed by atoms with Gasteiger partial charge < -0.3 is 29.0 Å². The van der Waals surface area contributed by atoms with Gasteiger partial charge in [0, 0.05) is 34.2 Å². The van der Waals surface area contributed by atoms with Crippen LogP contribution in [0.4, 0.5) is 0 Å². The molecule has 1 aliphatic rings. The zero-order valence-electron chi connectivity index (χ0n) is 19.2. The van der Waals surface area contributed by atoms with Crippen LogP contribution in [0.15, 0.2) is 30.3 Å². The quantitative estimate of drug-likeness (QED) is 0.310. The summed E-state index contributed by atoms with van der Waals surface area (Å²) in [5, 5.41) is 3.08. The summed E-state index contributed by atoms with van der Waals surface area (Å²) in [6, 6.07) is 9.54. The van der Waals surface area contributed by atoms with E-state index in [-0.39, 0.29) is 6.61 Å². The average Bonchev–Trinajstić information content (AvgIpc) is 2.75. The van der Waals surface area contributed by atoms with Crippen molar-refractivity contribution < 1.29 is 42.9 Å². The normalized spacial score (nSPS) is 23.8. The molecule has 12 heteroatoms. The molecule has 3 unspecified atom stereocenters. The summed E-state index contributed by atoms with van der Waals surface area (Å²) in [7, 11) is 0. The number of nitrogens with one attached hydrogen (secondary N) is 1. The number of carbonyl (C=O) groups is 4. The van der Waals surface area contributed by atoms with Gasteiger partial charge in [-0.3, -0.25) is 19.2 Å². The SMILES string of the molecule is CC(=O)OCC1O[C@@H](SC(=S)NCc2ccccc2)C(OC(C)=O)C(OC(C)=O)[C@@H]1OC(C)=O. The highest BCUT2D eigenvalue weighted by Gasteiger charge is 2.52. The van der Waals surface area contributed by atoms with Crippen LogP contribution in [0.1, 0.15) is 33.3 Å². The molecule has 0 bridgehead atoms. The van der Waals surface area contributed by atoms with Crippen LogP contribution in [0.3, 0.4) is 0 Å². The van der Waals surface area contributed by atoms with Crippen LogP contribution in [0.25, 0.3) is 0 Å². The maximum absolute atomic E-state index is 11.9. The molecule has 1 aromatic carbocycles. The third kappa shape index (κ3) is 8.92. The maximum Gasteiger partial charge on any atom is 0.303 e. The summed E-state index contributed by atoms with van der Waals surface area (Å²) in [5.41, 5.74) is 0.0309. The van der Waals surface area contributed by atoms with Crippen molar-refractivity contribution in [3.8, 4) is 0 Å². The fraction of sp³-hybridized carbons (Fsp3) is 0.500.